The molecule has 4 aliphatic rings. The molecule has 0 aromatic heterocycles. The van der Waals surface area contributed by atoms with Crippen molar-refractivity contribution in [1.82, 2.24) is 5.32 Å². The molecule has 2 aliphatic carbocycles. The zero-order valence-corrected chi connectivity index (χ0v) is 12.4. The second-order valence-corrected chi connectivity index (χ2v) is 6.78. The van der Waals surface area contributed by atoms with Crippen LogP contribution in [0.5, 0.6) is 11.5 Å². The first kappa shape index (κ1) is 12.9. The first-order chi connectivity index (χ1) is 10.6. The summed E-state index contributed by atoms with van der Waals surface area (Å²) >= 11 is 0. The predicted octanol–water partition coefficient (Wildman–Crippen LogP) is 0.274. The number of rotatable bonds is 1. The van der Waals surface area contributed by atoms with Crippen LogP contribution in [0.4, 0.5) is 0 Å². The Labute approximate surface area is 128 Å². The Bertz CT molecular complexity index is 702. The van der Waals surface area contributed by atoms with E-state index < -0.39 is 23.2 Å². The molecule has 2 heterocycles. The number of hydrogen-bond acceptors (Lipinski definition) is 5. The van der Waals surface area contributed by atoms with Crippen molar-refractivity contribution >= 4 is 0 Å². The highest BCUT2D eigenvalue weighted by atomic mass is 16.5. The summed E-state index contributed by atoms with van der Waals surface area (Å²) in [4.78, 5) is 0. The number of benzene rings is 1. The van der Waals surface area contributed by atoms with Gasteiger partial charge in [0.2, 0.25) is 0 Å². The van der Waals surface area contributed by atoms with Crippen LogP contribution in [0.1, 0.15) is 17.5 Å². The number of aliphatic hydroxyl groups excluding tert-OH is 1. The largest absolute Gasteiger partial charge is 0.493 e. The topological polar surface area (TPSA) is 71.0 Å². The van der Waals surface area contributed by atoms with E-state index in [2.05, 4.69) is 11.4 Å². The van der Waals surface area contributed by atoms with E-state index in [0.29, 0.717) is 11.5 Å². The van der Waals surface area contributed by atoms with Gasteiger partial charge in [0.05, 0.1) is 12.5 Å². The number of methoxy groups -OCH3 is 1. The van der Waals surface area contributed by atoms with Gasteiger partial charge in [-0.3, -0.25) is 0 Å². The maximum atomic E-state index is 11.5. The first-order valence-electron chi connectivity index (χ1n) is 7.82. The third kappa shape index (κ3) is 1.16. The van der Waals surface area contributed by atoms with Gasteiger partial charge >= 0.3 is 0 Å². The highest BCUT2D eigenvalue weighted by Gasteiger charge is 2.70. The van der Waals surface area contributed by atoms with Crippen LogP contribution in [-0.4, -0.2) is 47.7 Å². The average Bonchev–Trinajstić information content (AvgIpc) is 2.85. The molecule has 1 saturated heterocycles. The summed E-state index contributed by atoms with van der Waals surface area (Å²) in [5.74, 6) is 1.38. The van der Waals surface area contributed by atoms with Crippen LogP contribution in [0, 0.1) is 0 Å². The second-order valence-electron chi connectivity index (χ2n) is 6.78. The van der Waals surface area contributed by atoms with Gasteiger partial charge in [-0.25, -0.2) is 0 Å². The molecule has 1 spiro atoms. The van der Waals surface area contributed by atoms with Crippen molar-refractivity contribution in [1.29, 1.82) is 0 Å². The van der Waals surface area contributed by atoms with Crippen LogP contribution in [0.15, 0.2) is 24.3 Å². The van der Waals surface area contributed by atoms with Crippen molar-refractivity contribution in [2.75, 3.05) is 13.7 Å². The molecule has 1 fully saturated rings. The fraction of sp³-hybridized carbons (Fsp3) is 0.529. The fourth-order valence-corrected chi connectivity index (χ4v) is 5.14. The van der Waals surface area contributed by atoms with E-state index in [1.54, 1.807) is 19.3 Å². The molecular weight excluding hydrogens is 282 g/mol. The summed E-state index contributed by atoms with van der Waals surface area (Å²) in [6, 6.07) is 3.93. The van der Waals surface area contributed by atoms with E-state index in [0.717, 1.165) is 24.9 Å². The lowest BCUT2D eigenvalue weighted by Crippen LogP contribution is -2.75. The Balaban J connectivity index is 1.88. The molecule has 1 aromatic carbocycles. The molecule has 116 valence electrons. The molecule has 5 nitrogen and oxygen atoms in total. The maximum absolute atomic E-state index is 11.5. The quantitative estimate of drug-likeness (QED) is 0.650. The highest BCUT2D eigenvalue weighted by Crippen LogP contribution is 2.62. The summed E-state index contributed by atoms with van der Waals surface area (Å²) in [7, 11) is 1.62. The van der Waals surface area contributed by atoms with Crippen molar-refractivity contribution in [2.45, 2.75) is 42.1 Å². The number of piperidine rings is 1. The number of nitrogens with one attached hydrogen (secondary N) is 1. The zero-order chi connectivity index (χ0) is 15.1. The lowest BCUT2D eigenvalue weighted by Gasteiger charge is -2.58. The summed E-state index contributed by atoms with van der Waals surface area (Å²) in [6.45, 7) is 0.809. The Morgan fingerprint density at radius 1 is 1.41 bits per heavy atom. The third-order valence-corrected chi connectivity index (χ3v) is 6.04. The lowest BCUT2D eigenvalue weighted by atomic mass is 9.51. The molecule has 0 radical (unpaired) electrons. The SMILES string of the molecule is COc1ccc2c3c1OC1[C@@H](O)C=CC4(O)C(C2)NCCC314. The van der Waals surface area contributed by atoms with Crippen molar-refractivity contribution in [2.24, 2.45) is 0 Å². The fourth-order valence-electron chi connectivity index (χ4n) is 5.14. The zero-order valence-electron chi connectivity index (χ0n) is 12.4. The van der Waals surface area contributed by atoms with E-state index in [1.807, 2.05) is 6.07 Å². The minimum absolute atomic E-state index is 0.0528. The molecule has 0 amide bonds. The molecule has 2 bridgehead atoms. The van der Waals surface area contributed by atoms with E-state index in [-0.39, 0.29) is 6.04 Å². The van der Waals surface area contributed by atoms with Crippen molar-refractivity contribution in [3.8, 4) is 11.5 Å². The smallest absolute Gasteiger partial charge is 0.166 e. The van der Waals surface area contributed by atoms with Gasteiger partial charge in [0, 0.05) is 11.6 Å². The van der Waals surface area contributed by atoms with E-state index in [4.69, 9.17) is 9.47 Å². The van der Waals surface area contributed by atoms with Crippen LogP contribution in [0.2, 0.25) is 0 Å². The number of aliphatic hydroxyl groups is 2. The Morgan fingerprint density at radius 3 is 3.09 bits per heavy atom. The van der Waals surface area contributed by atoms with Gasteiger partial charge in [-0.1, -0.05) is 18.2 Å². The Hall–Kier alpha value is -1.56. The normalized spacial score (nSPS) is 43.5. The predicted molar refractivity (Wildman–Crippen MR) is 79.3 cm³/mol. The second kappa shape index (κ2) is 3.85. The van der Waals surface area contributed by atoms with E-state index in [9.17, 15) is 10.2 Å². The molecule has 5 heteroatoms. The molecule has 1 aromatic rings. The molecule has 0 saturated carbocycles. The first-order valence-corrected chi connectivity index (χ1v) is 7.82. The highest BCUT2D eigenvalue weighted by molar-refractivity contribution is 5.64. The minimum atomic E-state index is -1.03. The molecule has 5 atom stereocenters. The van der Waals surface area contributed by atoms with Gasteiger partial charge < -0.3 is 25.0 Å². The molecule has 22 heavy (non-hydrogen) atoms. The summed E-state index contributed by atoms with van der Waals surface area (Å²) in [6.07, 6.45) is 3.76. The van der Waals surface area contributed by atoms with Gasteiger partial charge in [0.25, 0.3) is 0 Å². The van der Waals surface area contributed by atoms with Crippen molar-refractivity contribution in [3.63, 3.8) is 0 Å². The van der Waals surface area contributed by atoms with Gasteiger partial charge in [-0.15, -0.1) is 0 Å². The molecule has 3 N–H and O–H groups in total. The van der Waals surface area contributed by atoms with E-state index in [1.165, 1.54) is 5.56 Å². The molecule has 4 unspecified atom stereocenters. The Morgan fingerprint density at radius 2 is 2.27 bits per heavy atom. The van der Waals surface area contributed by atoms with Crippen LogP contribution in [0.3, 0.4) is 0 Å². The van der Waals surface area contributed by atoms with Crippen molar-refractivity contribution < 1.29 is 19.7 Å². The van der Waals surface area contributed by atoms with Crippen molar-refractivity contribution in [3.05, 3.63) is 35.4 Å². The summed E-state index contributed by atoms with van der Waals surface area (Å²) in [5.41, 5.74) is 0.608. The summed E-state index contributed by atoms with van der Waals surface area (Å²) in [5, 5.41) is 25.4. The van der Waals surface area contributed by atoms with Gasteiger partial charge in [-0.2, -0.15) is 0 Å². The van der Waals surface area contributed by atoms with Gasteiger partial charge in [0.1, 0.15) is 17.8 Å². The number of hydrogen-bond donors (Lipinski definition) is 3. The van der Waals surface area contributed by atoms with Crippen LogP contribution in [-0.2, 0) is 11.8 Å². The van der Waals surface area contributed by atoms with Crippen LogP contribution < -0.4 is 14.8 Å². The third-order valence-electron chi connectivity index (χ3n) is 6.04. The van der Waals surface area contributed by atoms with Crippen LogP contribution >= 0.6 is 0 Å². The number of ether oxygens (including phenoxy) is 2. The van der Waals surface area contributed by atoms with Gasteiger partial charge in [0.15, 0.2) is 11.5 Å². The average molecular weight is 301 g/mol. The van der Waals surface area contributed by atoms with Crippen LogP contribution in [0.25, 0.3) is 0 Å². The standard InChI is InChI=1S/C17H19NO4/c1-21-11-3-2-9-8-12-17(20)5-4-10(19)15-16(17,6-7-18-12)13(9)14(11)22-15/h2-5,10,12,15,18-20H,6-8H2,1H3/t10-,12?,15?,16?,17?/m0/s1. The molecular formula is C17H19NO4. The molecule has 5 rings (SSSR count). The monoisotopic (exact) mass is 301 g/mol. The molecule has 2 aliphatic heterocycles. The lowest BCUT2D eigenvalue weighted by molar-refractivity contribution is -0.120. The summed E-state index contributed by atoms with van der Waals surface area (Å²) < 4.78 is 11.6. The Kier molecular flexibility index (Phi) is 2.26. The van der Waals surface area contributed by atoms with Gasteiger partial charge in [-0.05, 0) is 31.0 Å². The minimum Gasteiger partial charge on any atom is -0.493 e. The maximum Gasteiger partial charge on any atom is 0.166 e. The van der Waals surface area contributed by atoms with E-state index >= 15 is 0 Å².